The number of esters is 1. The summed E-state index contributed by atoms with van der Waals surface area (Å²) in [6.07, 6.45) is -4.16. The summed E-state index contributed by atoms with van der Waals surface area (Å²) in [4.78, 5) is 24.3. The van der Waals surface area contributed by atoms with E-state index >= 15 is 0 Å². The predicted octanol–water partition coefficient (Wildman–Crippen LogP) is -0.126. The number of carbonyl (C=O) groups is 2. The summed E-state index contributed by atoms with van der Waals surface area (Å²) in [5.41, 5.74) is 1.18. The molecule has 1 fully saturated rings. The van der Waals surface area contributed by atoms with E-state index in [4.69, 9.17) is 18.9 Å². The molecule has 0 spiro atoms. The minimum atomic E-state index is -1.62. The highest BCUT2D eigenvalue weighted by Gasteiger charge is 2.44. The van der Waals surface area contributed by atoms with Gasteiger partial charge in [0.1, 0.15) is 30.5 Å². The molecule has 1 aromatic rings. The third-order valence-electron chi connectivity index (χ3n) is 6.05. The first kappa shape index (κ1) is 28.3. The maximum absolute atomic E-state index is 12.5. The molecule has 202 valence electrons. The molecule has 1 saturated heterocycles. The van der Waals surface area contributed by atoms with Gasteiger partial charge in [-0.05, 0) is 30.7 Å². The Bertz CT molecular complexity index is 1090. The first-order valence-electron chi connectivity index (χ1n) is 11.4. The molecule has 0 aromatic heterocycles. The highest BCUT2D eigenvalue weighted by Crippen LogP contribution is 2.34. The van der Waals surface area contributed by atoms with E-state index in [0.29, 0.717) is 11.1 Å². The summed E-state index contributed by atoms with van der Waals surface area (Å²) in [6, 6.07) is 4.49. The zero-order chi connectivity index (χ0) is 27.3. The third kappa shape index (κ3) is 6.55. The Morgan fingerprint density at radius 2 is 1.89 bits per heavy atom. The average molecular weight is 523 g/mol. The number of carboxylic acids is 1. The summed E-state index contributed by atoms with van der Waals surface area (Å²) in [7, 11) is 1.39. The van der Waals surface area contributed by atoms with Crippen LogP contribution in [-0.2, 0) is 23.8 Å². The van der Waals surface area contributed by atoms with Crippen LogP contribution < -0.4 is 4.74 Å². The number of aromatic hydroxyl groups is 1. The van der Waals surface area contributed by atoms with Crippen LogP contribution >= 0.6 is 0 Å². The topological polar surface area (TPSA) is 192 Å². The van der Waals surface area contributed by atoms with Crippen LogP contribution in [0.3, 0.4) is 0 Å². The maximum atomic E-state index is 12.5. The lowest BCUT2D eigenvalue weighted by molar-refractivity contribution is -0.298. The van der Waals surface area contributed by atoms with Crippen molar-refractivity contribution in [3.8, 4) is 11.5 Å². The SMILES string of the molecule is COc1cc(/C=C/C(=O)O[C@@H]2CC(C)=C(C(=O)O)/C2=C\CO[C@@H]2O[C@H](CO)[C@@H](O)[C@H](O)[C@H]2O)ccc1O. The molecule has 1 aromatic carbocycles. The van der Waals surface area contributed by atoms with Gasteiger partial charge in [-0.1, -0.05) is 17.7 Å². The molecule has 0 saturated carbocycles. The first-order chi connectivity index (χ1) is 17.6. The molecule has 12 heteroatoms. The summed E-state index contributed by atoms with van der Waals surface area (Å²) in [5, 5.41) is 58.5. The average Bonchev–Trinajstić information content (AvgIpc) is 3.17. The van der Waals surface area contributed by atoms with Crippen LogP contribution in [-0.4, -0.2) is 99.7 Å². The number of benzene rings is 1. The van der Waals surface area contributed by atoms with E-state index in [1.165, 1.54) is 31.4 Å². The Balaban J connectivity index is 1.70. The zero-order valence-corrected chi connectivity index (χ0v) is 20.2. The van der Waals surface area contributed by atoms with Gasteiger partial charge in [-0.25, -0.2) is 9.59 Å². The molecule has 1 aliphatic carbocycles. The Kier molecular flexibility index (Phi) is 9.43. The second-order valence-corrected chi connectivity index (χ2v) is 8.54. The van der Waals surface area contributed by atoms with Crippen molar-refractivity contribution in [2.24, 2.45) is 0 Å². The van der Waals surface area contributed by atoms with Gasteiger partial charge >= 0.3 is 11.9 Å². The minimum Gasteiger partial charge on any atom is -0.504 e. The summed E-state index contributed by atoms with van der Waals surface area (Å²) < 4.78 is 21.2. The molecule has 12 nitrogen and oxygen atoms in total. The van der Waals surface area contributed by atoms with Crippen LogP contribution in [0.1, 0.15) is 18.9 Å². The number of phenols is 1. The van der Waals surface area contributed by atoms with Gasteiger partial charge in [0.2, 0.25) is 0 Å². The van der Waals surface area contributed by atoms with Crippen LogP contribution in [0.4, 0.5) is 0 Å². The van der Waals surface area contributed by atoms with E-state index in [0.717, 1.165) is 6.08 Å². The fourth-order valence-corrected chi connectivity index (χ4v) is 4.12. The molecule has 0 unspecified atom stereocenters. The molecule has 0 bridgehead atoms. The number of methoxy groups -OCH3 is 1. The van der Waals surface area contributed by atoms with Gasteiger partial charge in [0.25, 0.3) is 0 Å². The van der Waals surface area contributed by atoms with Crippen LogP contribution in [0.25, 0.3) is 6.08 Å². The largest absolute Gasteiger partial charge is 0.504 e. The summed E-state index contributed by atoms with van der Waals surface area (Å²) >= 11 is 0. The minimum absolute atomic E-state index is 0.0394. The number of hydrogen-bond acceptors (Lipinski definition) is 11. The highest BCUT2D eigenvalue weighted by molar-refractivity contribution is 5.95. The second kappa shape index (κ2) is 12.3. The molecular weight excluding hydrogens is 492 g/mol. The molecule has 0 radical (unpaired) electrons. The molecule has 6 atom stereocenters. The fourth-order valence-electron chi connectivity index (χ4n) is 4.12. The first-order valence-corrected chi connectivity index (χ1v) is 11.4. The van der Waals surface area contributed by atoms with Crippen molar-refractivity contribution in [3.63, 3.8) is 0 Å². The Hall–Kier alpha value is -3.26. The van der Waals surface area contributed by atoms with Gasteiger partial charge in [-0.3, -0.25) is 0 Å². The van der Waals surface area contributed by atoms with E-state index in [1.54, 1.807) is 13.0 Å². The van der Waals surface area contributed by atoms with Gasteiger partial charge < -0.3 is 49.6 Å². The normalized spacial score (nSPS) is 29.2. The molecule has 3 rings (SSSR count). The number of carboxylic acid groups (broad SMARTS) is 1. The van der Waals surface area contributed by atoms with Crippen LogP contribution in [0, 0.1) is 0 Å². The van der Waals surface area contributed by atoms with Crippen molar-refractivity contribution in [3.05, 3.63) is 52.6 Å². The van der Waals surface area contributed by atoms with Crippen molar-refractivity contribution < 1.29 is 59.2 Å². The van der Waals surface area contributed by atoms with Gasteiger partial charge in [0.15, 0.2) is 17.8 Å². The van der Waals surface area contributed by atoms with E-state index in [9.17, 15) is 40.2 Å². The Labute approximate surface area is 212 Å². The Morgan fingerprint density at radius 3 is 2.54 bits per heavy atom. The number of aliphatic hydroxyl groups is 4. The summed E-state index contributed by atoms with van der Waals surface area (Å²) in [6.45, 7) is 0.681. The van der Waals surface area contributed by atoms with Crippen molar-refractivity contribution in [1.29, 1.82) is 0 Å². The van der Waals surface area contributed by atoms with Gasteiger partial charge in [0.05, 0.1) is 25.9 Å². The lowest BCUT2D eigenvalue weighted by Gasteiger charge is -2.39. The lowest BCUT2D eigenvalue weighted by Crippen LogP contribution is -2.59. The molecular formula is C25H30O12. The van der Waals surface area contributed by atoms with E-state index in [2.05, 4.69) is 0 Å². The quantitative estimate of drug-likeness (QED) is 0.186. The van der Waals surface area contributed by atoms with Gasteiger partial charge in [0, 0.05) is 18.1 Å². The number of aliphatic hydroxyl groups excluding tert-OH is 4. The van der Waals surface area contributed by atoms with E-state index < -0.39 is 55.4 Å². The Morgan fingerprint density at radius 1 is 1.16 bits per heavy atom. The van der Waals surface area contributed by atoms with E-state index in [-0.39, 0.29) is 35.7 Å². The van der Waals surface area contributed by atoms with Crippen molar-refractivity contribution in [2.75, 3.05) is 20.3 Å². The number of ether oxygens (including phenoxy) is 4. The zero-order valence-electron chi connectivity index (χ0n) is 20.2. The van der Waals surface area contributed by atoms with Gasteiger partial charge in [-0.15, -0.1) is 0 Å². The monoisotopic (exact) mass is 522 g/mol. The molecule has 2 aliphatic rings. The molecule has 37 heavy (non-hydrogen) atoms. The van der Waals surface area contributed by atoms with Crippen molar-refractivity contribution in [1.82, 2.24) is 0 Å². The molecule has 1 aliphatic heterocycles. The lowest BCUT2D eigenvalue weighted by atomic mass is 9.99. The smallest absolute Gasteiger partial charge is 0.336 e. The molecule has 6 N–H and O–H groups in total. The number of aliphatic carboxylic acids is 1. The number of hydrogen-bond donors (Lipinski definition) is 6. The third-order valence-corrected chi connectivity index (χ3v) is 6.05. The second-order valence-electron chi connectivity index (χ2n) is 8.54. The summed E-state index contributed by atoms with van der Waals surface area (Å²) in [5.74, 6) is -1.79. The number of carbonyl (C=O) groups excluding carboxylic acids is 1. The van der Waals surface area contributed by atoms with Crippen LogP contribution in [0.2, 0.25) is 0 Å². The molecule has 0 amide bonds. The van der Waals surface area contributed by atoms with Crippen molar-refractivity contribution >= 4 is 18.0 Å². The van der Waals surface area contributed by atoms with E-state index in [1.807, 2.05) is 0 Å². The van der Waals surface area contributed by atoms with Gasteiger partial charge in [-0.2, -0.15) is 0 Å². The standard InChI is InChI=1S/C25H30O12/c1-12-9-16(36-19(28)6-4-13-3-5-15(27)17(10-13)34-2)14(20(12)24(32)33)7-8-35-25-23(31)22(30)21(29)18(11-26)37-25/h3-7,10,16,18,21-23,25-27,29-31H,8-9,11H2,1-2H3,(H,32,33)/b6-4+,14-7-/t16-,18-,21-,22+,23-,25-/m1/s1. The van der Waals surface area contributed by atoms with Crippen LogP contribution in [0.5, 0.6) is 11.5 Å². The molecule has 1 heterocycles. The van der Waals surface area contributed by atoms with Crippen LogP contribution in [0.15, 0.2) is 47.1 Å². The van der Waals surface area contributed by atoms with Crippen molar-refractivity contribution in [2.45, 2.75) is 50.2 Å². The fraction of sp³-hybridized carbons (Fsp3) is 0.440. The number of rotatable bonds is 9. The number of phenolic OH excluding ortho intramolecular Hbond substituents is 1. The highest BCUT2D eigenvalue weighted by atomic mass is 16.7. The predicted molar refractivity (Wildman–Crippen MR) is 126 cm³/mol. The maximum Gasteiger partial charge on any atom is 0.336 e.